The minimum absolute atomic E-state index is 0.148. The largest absolute Gasteiger partial charge is 0.477 e. The molecular weight excluding hydrogens is 256 g/mol. The number of rotatable bonds is 2. The highest BCUT2D eigenvalue weighted by atomic mass is 79.9. The molecule has 0 bridgehead atoms. The van der Waals surface area contributed by atoms with Gasteiger partial charge in [-0.1, -0.05) is 11.3 Å². The summed E-state index contributed by atoms with van der Waals surface area (Å²) in [6.07, 6.45) is -2.85. The predicted octanol–water partition coefficient (Wildman–Crippen LogP) is 2.54. The molecular formula is C5H2BrF2NO2S. The van der Waals surface area contributed by atoms with Gasteiger partial charge >= 0.3 is 5.97 Å². The Morgan fingerprint density at radius 2 is 2.25 bits per heavy atom. The Morgan fingerprint density at radius 1 is 1.67 bits per heavy atom. The number of aromatic carboxylic acids is 1. The number of carbonyl (C=O) groups is 1. The van der Waals surface area contributed by atoms with Gasteiger partial charge in [0.05, 0.1) is 0 Å². The van der Waals surface area contributed by atoms with Crippen molar-refractivity contribution in [3.8, 4) is 0 Å². The van der Waals surface area contributed by atoms with E-state index >= 15 is 0 Å². The molecule has 1 heterocycles. The molecule has 3 nitrogen and oxygen atoms in total. The molecule has 12 heavy (non-hydrogen) atoms. The summed E-state index contributed by atoms with van der Waals surface area (Å²) in [7, 11) is 0. The molecule has 0 atom stereocenters. The number of alkyl halides is 2. The van der Waals surface area contributed by atoms with Gasteiger partial charge < -0.3 is 5.11 Å². The monoisotopic (exact) mass is 257 g/mol. The van der Waals surface area contributed by atoms with E-state index in [4.69, 9.17) is 5.11 Å². The third-order valence-electron chi connectivity index (χ3n) is 1.03. The van der Waals surface area contributed by atoms with Crippen LogP contribution in [-0.4, -0.2) is 16.1 Å². The molecule has 0 aliphatic carbocycles. The summed E-state index contributed by atoms with van der Waals surface area (Å²) in [6.45, 7) is 0. The van der Waals surface area contributed by atoms with Crippen LogP contribution < -0.4 is 0 Å². The fourth-order valence-electron chi connectivity index (χ4n) is 0.606. The van der Waals surface area contributed by atoms with E-state index in [2.05, 4.69) is 20.9 Å². The van der Waals surface area contributed by atoms with Crippen LogP contribution in [0.4, 0.5) is 8.78 Å². The highest BCUT2D eigenvalue weighted by Gasteiger charge is 2.23. The van der Waals surface area contributed by atoms with E-state index in [-0.39, 0.29) is 3.92 Å². The maximum Gasteiger partial charge on any atom is 0.348 e. The molecule has 0 spiro atoms. The Bertz CT molecular complexity index is 314. The fourth-order valence-corrected chi connectivity index (χ4v) is 1.92. The van der Waals surface area contributed by atoms with E-state index in [0.717, 1.165) is 0 Å². The number of thiazole rings is 1. The molecule has 0 saturated heterocycles. The number of aromatic nitrogens is 1. The van der Waals surface area contributed by atoms with E-state index in [9.17, 15) is 13.6 Å². The van der Waals surface area contributed by atoms with Gasteiger partial charge in [-0.05, 0) is 15.9 Å². The number of nitrogens with zero attached hydrogens (tertiary/aromatic N) is 1. The van der Waals surface area contributed by atoms with E-state index in [1.165, 1.54) is 0 Å². The van der Waals surface area contributed by atoms with Crippen molar-refractivity contribution in [2.45, 2.75) is 6.43 Å². The summed E-state index contributed by atoms with van der Waals surface area (Å²) in [4.78, 5) is 13.3. The van der Waals surface area contributed by atoms with Gasteiger partial charge in [0.15, 0.2) is 3.92 Å². The predicted molar refractivity (Wildman–Crippen MR) is 41.7 cm³/mol. The first kappa shape index (κ1) is 9.53. The summed E-state index contributed by atoms with van der Waals surface area (Å²) in [6, 6.07) is 0. The van der Waals surface area contributed by atoms with Gasteiger partial charge in [-0.15, -0.1) is 0 Å². The van der Waals surface area contributed by atoms with Crippen LogP contribution in [0.1, 0.15) is 21.8 Å². The second-order valence-corrected chi connectivity index (χ2v) is 4.06. The van der Waals surface area contributed by atoms with Gasteiger partial charge in [0, 0.05) is 0 Å². The fraction of sp³-hybridized carbons (Fsp3) is 0.200. The Balaban J connectivity index is 3.17. The van der Waals surface area contributed by atoms with Crippen LogP contribution in [0.15, 0.2) is 3.92 Å². The third kappa shape index (κ3) is 1.78. The summed E-state index contributed by atoms with van der Waals surface area (Å²) in [5.74, 6) is -1.38. The Labute approximate surface area is 78.2 Å². The molecule has 0 aromatic carbocycles. The highest BCUT2D eigenvalue weighted by Crippen LogP contribution is 2.29. The number of carboxylic acid groups (broad SMARTS) is 1. The van der Waals surface area contributed by atoms with Crippen LogP contribution in [0.25, 0.3) is 0 Å². The summed E-state index contributed by atoms with van der Waals surface area (Å²) < 4.78 is 24.3. The maximum atomic E-state index is 12.1. The second-order valence-electron chi connectivity index (χ2n) is 1.79. The lowest BCUT2D eigenvalue weighted by Crippen LogP contribution is -1.98. The summed E-state index contributed by atoms with van der Waals surface area (Å²) in [5, 5.41) is 8.44. The SMILES string of the molecule is O=C(O)c1sc(Br)nc1C(F)F. The minimum Gasteiger partial charge on any atom is -0.477 e. The summed E-state index contributed by atoms with van der Waals surface area (Å²) >= 11 is 3.51. The van der Waals surface area contributed by atoms with Gasteiger partial charge in [-0.2, -0.15) is 0 Å². The number of halogens is 3. The van der Waals surface area contributed by atoms with Crippen LogP contribution >= 0.6 is 27.3 Å². The quantitative estimate of drug-likeness (QED) is 0.886. The molecule has 0 fully saturated rings. The molecule has 0 unspecified atom stereocenters. The third-order valence-corrected chi connectivity index (χ3v) is 2.54. The maximum absolute atomic E-state index is 12.1. The lowest BCUT2D eigenvalue weighted by molar-refractivity contribution is 0.0689. The minimum atomic E-state index is -2.85. The normalized spacial score (nSPS) is 10.7. The van der Waals surface area contributed by atoms with Gasteiger partial charge in [0.1, 0.15) is 10.6 Å². The van der Waals surface area contributed by atoms with E-state index in [1.807, 2.05) is 0 Å². The molecule has 1 rings (SSSR count). The topological polar surface area (TPSA) is 50.2 Å². The van der Waals surface area contributed by atoms with E-state index in [0.29, 0.717) is 11.3 Å². The average molecular weight is 258 g/mol. The Kier molecular flexibility index (Phi) is 2.73. The zero-order valence-electron chi connectivity index (χ0n) is 5.42. The molecule has 0 aliphatic heterocycles. The zero-order valence-corrected chi connectivity index (χ0v) is 7.82. The van der Waals surface area contributed by atoms with Crippen LogP contribution in [0.2, 0.25) is 0 Å². The number of hydrogen-bond donors (Lipinski definition) is 1. The van der Waals surface area contributed by atoms with Crippen LogP contribution in [0.5, 0.6) is 0 Å². The first-order valence-electron chi connectivity index (χ1n) is 2.70. The second kappa shape index (κ2) is 3.44. The van der Waals surface area contributed by atoms with Gasteiger partial charge in [-0.3, -0.25) is 0 Å². The molecule has 7 heteroatoms. The van der Waals surface area contributed by atoms with Gasteiger partial charge in [0.2, 0.25) is 0 Å². The number of hydrogen-bond acceptors (Lipinski definition) is 3. The zero-order chi connectivity index (χ0) is 9.30. The molecule has 0 aliphatic rings. The van der Waals surface area contributed by atoms with Crippen molar-refractivity contribution in [1.29, 1.82) is 0 Å². The molecule has 0 radical (unpaired) electrons. The standard InChI is InChI=1S/C5H2BrF2NO2S/c6-5-9-1(3(7)8)2(12-5)4(10)11/h3H,(H,10,11). The first-order valence-corrected chi connectivity index (χ1v) is 4.31. The van der Waals surface area contributed by atoms with Crippen molar-refractivity contribution >= 4 is 33.2 Å². The van der Waals surface area contributed by atoms with Crippen LogP contribution in [-0.2, 0) is 0 Å². The molecule has 1 aromatic heterocycles. The number of carboxylic acids is 1. The highest BCUT2D eigenvalue weighted by molar-refractivity contribution is 9.11. The lowest BCUT2D eigenvalue weighted by atomic mass is 10.4. The van der Waals surface area contributed by atoms with Crippen molar-refractivity contribution in [2.24, 2.45) is 0 Å². The van der Waals surface area contributed by atoms with E-state index < -0.39 is 23.0 Å². The lowest BCUT2D eigenvalue weighted by Gasteiger charge is -1.93. The van der Waals surface area contributed by atoms with Crippen LogP contribution in [0, 0.1) is 0 Å². The van der Waals surface area contributed by atoms with Crippen molar-refractivity contribution in [1.82, 2.24) is 4.98 Å². The molecule has 1 N–H and O–H groups in total. The van der Waals surface area contributed by atoms with Crippen LogP contribution in [0.3, 0.4) is 0 Å². The van der Waals surface area contributed by atoms with E-state index in [1.54, 1.807) is 0 Å². The van der Waals surface area contributed by atoms with Crippen molar-refractivity contribution in [3.63, 3.8) is 0 Å². The van der Waals surface area contributed by atoms with Crippen molar-refractivity contribution < 1.29 is 18.7 Å². The van der Waals surface area contributed by atoms with Crippen molar-refractivity contribution in [3.05, 3.63) is 14.5 Å². The van der Waals surface area contributed by atoms with Gasteiger partial charge in [-0.25, -0.2) is 18.6 Å². The Morgan fingerprint density at radius 3 is 2.58 bits per heavy atom. The smallest absolute Gasteiger partial charge is 0.348 e. The van der Waals surface area contributed by atoms with Gasteiger partial charge in [0.25, 0.3) is 6.43 Å². The Hall–Kier alpha value is -0.560. The molecule has 0 saturated carbocycles. The average Bonchev–Trinajstić information content (AvgIpc) is 2.31. The first-order chi connectivity index (χ1) is 5.52. The van der Waals surface area contributed by atoms with Crippen molar-refractivity contribution in [2.75, 3.05) is 0 Å². The molecule has 0 amide bonds. The molecule has 1 aromatic rings. The molecule has 66 valence electrons. The summed E-state index contributed by atoms with van der Waals surface area (Å²) in [5.41, 5.74) is -0.681.